The van der Waals surface area contributed by atoms with Crippen LogP contribution in [0, 0.1) is 17.8 Å². The van der Waals surface area contributed by atoms with Crippen LogP contribution >= 0.6 is 0 Å². The highest BCUT2D eigenvalue weighted by molar-refractivity contribution is 6.38. The monoisotopic (exact) mass is 500 g/mol. The Labute approximate surface area is 214 Å². The second kappa shape index (κ2) is 14.2. The molecule has 0 bridgehead atoms. The van der Waals surface area contributed by atoms with Crippen molar-refractivity contribution in [3.05, 3.63) is 35.9 Å². The number of benzene rings is 1. The van der Waals surface area contributed by atoms with Gasteiger partial charge >= 0.3 is 6.09 Å². The van der Waals surface area contributed by atoms with Crippen molar-refractivity contribution in [2.75, 3.05) is 32.8 Å². The van der Waals surface area contributed by atoms with Crippen molar-refractivity contribution in [2.45, 2.75) is 65.0 Å². The average Bonchev–Trinajstić information content (AvgIpc) is 2.89. The second-order valence-corrected chi connectivity index (χ2v) is 10.1. The van der Waals surface area contributed by atoms with E-state index >= 15 is 0 Å². The number of ether oxygens (including phenoxy) is 2. The summed E-state index contributed by atoms with van der Waals surface area (Å²) in [6.07, 6.45) is 2.54. The molecular weight excluding hydrogens is 460 g/mol. The lowest BCUT2D eigenvalue weighted by Gasteiger charge is -2.35. The molecule has 36 heavy (non-hydrogen) atoms. The van der Waals surface area contributed by atoms with E-state index in [9.17, 15) is 19.2 Å². The number of alkyl carbamates (subject to hydrolysis) is 1. The van der Waals surface area contributed by atoms with Crippen molar-refractivity contribution in [2.24, 2.45) is 17.8 Å². The number of carbonyl (C=O) groups is 4. The Kier molecular flexibility index (Phi) is 11.1. The van der Waals surface area contributed by atoms with Crippen molar-refractivity contribution < 1.29 is 28.7 Å². The summed E-state index contributed by atoms with van der Waals surface area (Å²) in [5, 5.41) is 2.70. The smallest absolute Gasteiger partial charge is 0.408 e. The van der Waals surface area contributed by atoms with Gasteiger partial charge in [-0.15, -0.1) is 0 Å². The number of unbranched alkanes of at least 4 members (excludes halogenated alkanes) is 1. The predicted molar refractivity (Wildman–Crippen MR) is 135 cm³/mol. The molecule has 1 saturated carbocycles. The van der Waals surface area contributed by atoms with E-state index in [2.05, 4.69) is 10.2 Å². The summed E-state index contributed by atoms with van der Waals surface area (Å²) in [6, 6.07) is 8.60. The molecule has 1 aromatic rings. The first-order valence-corrected chi connectivity index (χ1v) is 13.3. The molecule has 1 aliphatic heterocycles. The Hall–Kier alpha value is -2.58. The number of Topliss-reactive ketones (excluding diaryl/α,β-unsaturated/α-hetero) is 3. The summed E-state index contributed by atoms with van der Waals surface area (Å²) in [5.41, 5.74) is 0.856. The van der Waals surface area contributed by atoms with Gasteiger partial charge < -0.3 is 14.8 Å². The summed E-state index contributed by atoms with van der Waals surface area (Å²) in [5.74, 6) is -2.08. The first-order valence-electron chi connectivity index (χ1n) is 13.3. The van der Waals surface area contributed by atoms with Crippen molar-refractivity contribution in [3.63, 3.8) is 0 Å². The van der Waals surface area contributed by atoms with Crippen LogP contribution in [0.2, 0.25) is 0 Å². The molecule has 1 aliphatic carbocycles. The molecule has 2 aliphatic rings. The van der Waals surface area contributed by atoms with E-state index in [1.807, 2.05) is 44.2 Å². The number of hydrogen-bond acceptors (Lipinski definition) is 7. The molecule has 8 nitrogen and oxygen atoms in total. The van der Waals surface area contributed by atoms with Gasteiger partial charge in [-0.1, -0.05) is 44.2 Å². The van der Waals surface area contributed by atoms with Crippen molar-refractivity contribution in [3.8, 4) is 0 Å². The molecule has 3 rings (SSSR count). The second-order valence-electron chi connectivity index (χ2n) is 10.1. The third-order valence-corrected chi connectivity index (χ3v) is 7.28. The minimum absolute atomic E-state index is 0.114. The summed E-state index contributed by atoms with van der Waals surface area (Å²) in [7, 11) is 0. The van der Waals surface area contributed by atoms with Gasteiger partial charge in [-0.2, -0.15) is 0 Å². The molecule has 2 fully saturated rings. The molecule has 198 valence electrons. The maximum atomic E-state index is 13.3. The fraction of sp³-hybridized carbons (Fsp3) is 0.643. The Morgan fingerprint density at radius 3 is 2.53 bits per heavy atom. The lowest BCUT2D eigenvalue weighted by molar-refractivity contribution is -0.143. The van der Waals surface area contributed by atoms with E-state index in [-0.39, 0.29) is 30.5 Å². The molecule has 1 saturated heterocycles. The number of ketones is 3. The van der Waals surface area contributed by atoms with Gasteiger partial charge in [0.05, 0.1) is 19.3 Å². The van der Waals surface area contributed by atoms with Crippen LogP contribution in [0.15, 0.2) is 30.3 Å². The predicted octanol–water partition coefficient (Wildman–Crippen LogP) is 3.56. The molecule has 1 N–H and O–H groups in total. The fourth-order valence-corrected chi connectivity index (χ4v) is 5.25. The van der Waals surface area contributed by atoms with Crippen molar-refractivity contribution in [1.82, 2.24) is 10.2 Å². The van der Waals surface area contributed by atoms with Gasteiger partial charge in [0.2, 0.25) is 5.78 Å². The van der Waals surface area contributed by atoms with Crippen LogP contribution < -0.4 is 5.32 Å². The topological polar surface area (TPSA) is 102 Å². The first-order chi connectivity index (χ1) is 17.4. The Morgan fingerprint density at radius 1 is 1.11 bits per heavy atom. The van der Waals surface area contributed by atoms with E-state index in [0.29, 0.717) is 25.7 Å². The molecule has 1 aromatic carbocycles. The molecule has 3 unspecified atom stereocenters. The van der Waals surface area contributed by atoms with E-state index in [0.717, 1.165) is 44.8 Å². The molecule has 0 aromatic heterocycles. The highest BCUT2D eigenvalue weighted by Crippen LogP contribution is 2.34. The fourth-order valence-electron chi connectivity index (χ4n) is 5.25. The van der Waals surface area contributed by atoms with E-state index in [1.54, 1.807) is 0 Å². The van der Waals surface area contributed by atoms with Crippen LogP contribution in [-0.4, -0.2) is 67.2 Å². The van der Waals surface area contributed by atoms with Crippen LogP contribution in [0.4, 0.5) is 4.79 Å². The molecule has 4 atom stereocenters. The van der Waals surface area contributed by atoms with Crippen LogP contribution in [0.25, 0.3) is 0 Å². The summed E-state index contributed by atoms with van der Waals surface area (Å²) < 4.78 is 10.6. The van der Waals surface area contributed by atoms with Gasteiger partial charge in [0.15, 0.2) is 11.6 Å². The lowest BCUT2D eigenvalue weighted by atomic mass is 9.70. The largest absolute Gasteiger partial charge is 0.445 e. The summed E-state index contributed by atoms with van der Waals surface area (Å²) in [6.45, 7) is 8.15. The molecule has 1 amide bonds. The van der Waals surface area contributed by atoms with Gasteiger partial charge in [-0.3, -0.25) is 19.3 Å². The number of carbonyl (C=O) groups excluding carboxylic acids is 4. The zero-order valence-corrected chi connectivity index (χ0v) is 21.6. The summed E-state index contributed by atoms with van der Waals surface area (Å²) in [4.78, 5) is 53.8. The van der Waals surface area contributed by atoms with Crippen molar-refractivity contribution in [1.29, 1.82) is 0 Å². The minimum atomic E-state index is -0.715. The standard InChI is InChI=1S/C28H40N2O6/c1-3-22(27(33)25(31)11-7-8-12-30-13-15-35-16-14-30)23-17-20(2)18-24(26(23)32)29-28(34)36-19-21-9-5-4-6-10-21/h4-6,9-10,20,22-24H,3,7-8,11-19H2,1-2H3,(H,29,34)/t20?,22-,23?,24?/m0/s1. The highest BCUT2D eigenvalue weighted by atomic mass is 16.5. The van der Waals surface area contributed by atoms with Gasteiger partial charge in [0, 0.05) is 31.3 Å². The number of rotatable bonds is 12. The molecular formula is C28H40N2O6. The van der Waals surface area contributed by atoms with Crippen LogP contribution in [0.3, 0.4) is 0 Å². The quantitative estimate of drug-likeness (QED) is 0.346. The van der Waals surface area contributed by atoms with Crippen molar-refractivity contribution >= 4 is 23.4 Å². The minimum Gasteiger partial charge on any atom is -0.445 e. The SMILES string of the molecule is CC[C@H](C(=O)C(=O)CCCCN1CCOCC1)C1CC(C)CC(NC(=O)OCc2ccccc2)C1=O. The number of hydrogen-bond donors (Lipinski definition) is 1. The van der Waals surface area contributed by atoms with Crippen LogP contribution in [0.1, 0.15) is 57.9 Å². The third kappa shape index (κ3) is 8.23. The van der Waals surface area contributed by atoms with Crippen LogP contribution in [-0.2, 0) is 30.5 Å². The molecule has 0 radical (unpaired) electrons. The molecule has 1 heterocycles. The molecule has 8 heteroatoms. The Bertz CT molecular complexity index is 883. The van der Waals surface area contributed by atoms with Gasteiger partial charge in [-0.05, 0) is 50.1 Å². The maximum absolute atomic E-state index is 13.3. The van der Waals surface area contributed by atoms with E-state index in [4.69, 9.17) is 9.47 Å². The Balaban J connectivity index is 1.50. The number of nitrogens with zero attached hydrogens (tertiary/aromatic N) is 1. The first kappa shape index (κ1) is 28.0. The zero-order chi connectivity index (χ0) is 25.9. The Morgan fingerprint density at radius 2 is 1.83 bits per heavy atom. The van der Waals surface area contributed by atoms with Gasteiger partial charge in [-0.25, -0.2) is 4.79 Å². The lowest BCUT2D eigenvalue weighted by Crippen LogP contribution is -2.51. The van der Waals surface area contributed by atoms with Crippen LogP contribution in [0.5, 0.6) is 0 Å². The van der Waals surface area contributed by atoms with E-state index < -0.39 is 29.8 Å². The number of morpholine rings is 1. The zero-order valence-electron chi connectivity index (χ0n) is 21.6. The van der Waals surface area contributed by atoms with E-state index in [1.165, 1.54) is 0 Å². The highest BCUT2D eigenvalue weighted by Gasteiger charge is 2.42. The van der Waals surface area contributed by atoms with Gasteiger partial charge in [0.1, 0.15) is 6.61 Å². The maximum Gasteiger partial charge on any atom is 0.408 e. The van der Waals surface area contributed by atoms with Gasteiger partial charge in [0.25, 0.3) is 0 Å². The number of nitrogens with one attached hydrogen (secondary N) is 1. The third-order valence-electron chi connectivity index (χ3n) is 7.28. The average molecular weight is 501 g/mol. The normalized spacial score (nSPS) is 23.6. The summed E-state index contributed by atoms with van der Waals surface area (Å²) >= 11 is 0. The molecule has 0 spiro atoms. The number of amides is 1.